The van der Waals surface area contributed by atoms with Crippen LogP contribution in [0.5, 0.6) is 0 Å². The lowest BCUT2D eigenvalue weighted by atomic mass is 10.00. The molecule has 0 saturated carbocycles. The van der Waals surface area contributed by atoms with Crippen LogP contribution in [0.25, 0.3) is 22.1 Å². The van der Waals surface area contributed by atoms with Crippen molar-refractivity contribution >= 4 is 45.9 Å². The van der Waals surface area contributed by atoms with Gasteiger partial charge in [0.2, 0.25) is 5.78 Å². The molecule has 4 aromatic rings. The first kappa shape index (κ1) is 21.2. The van der Waals surface area contributed by atoms with Gasteiger partial charge in [0.25, 0.3) is 0 Å². The summed E-state index contributed by atoms with van der Waals surface area (Å²) in [4.78, 5) is 24.6. The van der Waals surface area contributed by atoms with Crippen molar-refractivity contribution in [1.82, 2.24) is 0 Å². The summed E-state index contributed by atoms with van der Waals surface area (Å²) < 4.78 is 10.7. The number of hydrogen-bond acceptors (Lipinski definition) is 4. The van der Waals surface area contributed by atoms with Crippen LogP contribution in [0.4, 0.5) is 0 Å². The number of esters is 1. The second-order valence-corrected chi connectivity index (χ2v) is 8.02. The Bertz CT molecular complexity index is 1320. The van der Waals surface area contributed by atoms with Crippen molar-refractivity contribution in [3.05, 3.63) is 93.2 Å². The number of ketones is 1. The van der Waals surface area contributed by atoms with Crippen LogP contribution in [0.3, 0.4) is 0 Å². The van der Waals surface area contributed by atoms with Crippen LogP contribution >= 0.6 is 23.2 Å². The standard InChI is InChI=1S/C25H18Cl2O4/c1-14-19-8-6-17(16-5-3-4-15(10-16)11-23(28)30-2)12-22(19)31-25(14)24(29)20-9-7-18(26)13-21(20)27/h3-10,12-13H,11H2,1-2H3. The zero-order valence-corrected chi connectivity index (χ0v) is 18.4. The van der Waals surface area contributed by atoms with Crippen molar-refractivity contribution in [3.63, 3.8) is 0 Å². The van der Waals surface area contributed by atoms with E-state index in [0.29, 0.717) is 16.2 Å². The van der Waals surface area contributed by atoms with Gasteiger partial charge in [-0.2, -0.15) is 0 Å². The average molecular weight is 453 g/mol. The SMILES string of the molecule is COC(=O)Cc1cccc(-c2ccc3c(C)c(C(=O)c4ccc(Cl)cc4Cl)oc3c2)c1. The molecule has 156 valence electrons. The molecule has 0 fully saturated rings. The van der Waals surface area contributed by atoms with Gasteiger partial charge in [0, 0.05) is 21.5 Å². The molecule has 0 aliphatic heterocycles. The van der Waals surface area contributed by atoms with Gasteiger partial charge in [0.05, 0.1) is 18.6 Å². The number of carbonyl (C=O) groups is 2. The molecule has 0 radical (unpaired) electrons. The van der Waals surface area contributed by atoms with Gasteiger partial charge in [-0.15, -0.1) is 0 Å². The van der Waals surface area contributed by atoms with Crippen molar-refractivity contribution in [2.24, 2.45) is 0 Å². The van der Waals surface area contributed by atoms with E-state index in [-0.39, 0.29) is 29.0 Å². The van der Waals surface area contributed by atoms with Gasteiger partial charge < -0.3 is 9.15 Å². The molecule has 0 spiro atoms. The topological polar surface area (TPSA) is 56.5 Å². The Hall–Kier alpha value is -3.08. The number of ether oxygens (including phenoxy) is 1. The first-order valence-electron chi connectivity index (χ1n) is 9.56. The molecular formula is C25H18Cl2O4. The van der Waals surface area contributed by atoms with Gasteiger partial charge in [0.1, 0.15) is 5.58 Å². The van der Waals surface area contributed by atoms with Crippen LogP contribution in [0.2, 0.25) is 10.0 Å². The second kappa shape index (κ2) is 8.58. The van der Waals surface area contributed by atoms with Crippen LogP contribution in [0.1, 0.15) is 27.2 Å². The molecule has 1 heterocycles. The van der Waals surface area contributed by atoms with E-state index < -0.39 is 0 Å². The van der Waals surface area contributed by atoms with Crippen LogP contribution < -0.4 is 0 Å². The van der Waals surface area contributed by atoms with E-state index in [4.69, 9.17) is 32.4 Å². The van der Waals surface area contributed by atoms with Crippen LogP contribution in [-0.4, -0.2) is 18.9 Å². The molecule has 0 N–H and O–H groups in total. The van der Waals surface area contributed by atoms with E-state index in [1.165, 1.54) is 13.2 Å². The maximum Gasteiger partial charge on any atom is 0.309 e. The number of fused-ring (bicyclic) bond motifs is 1. The fourth-order valence-corrected chi connectivity index (χ4v) is 4.01. The predicted octanol–water partition coefficient (Wildman–Crippen LogP) is 6.66. The summed E-state index contributed by atoms with van der Waals surface area (Å²) in [6.07, 6.45) is 0.201. The molecule has 4 rings (SSSR count). The van der Waals surface area contributed by atoms with Crippen molar-refractivity contribution in [3.8, 4) is 11.1 Å². The van der Waals surface area contributed by atoms with Crippen LogP contribution in [0.15, 0.2) is 65.1 Å². The number of rotatable bonds is 5. The lowest BCUT2D eigenvalue weighted by molar-refractivity contribution is -0.139. The number of aryl methyl sites for hydroxylation is 1. The summed E-state index contributed by atoms with van der Waals surface area (Å²) in [5.41, 5.74) is 4.39. The number of carbonyl (C=O) groups excluding carboxylic acids is 2. The normalized spacial score (nSPS) is 11.0. The van der Waals surface area contributed by atoms with E-state index in [2.05, 4.69) is 0 Å². The van der Waals surface area contributed by atoms with Crippen LogP contribution in [0, 0.1) is 6.92 Å². The van der Waals surface area contributed by atoms with Crippen molar-refractivity contribution in [1.29, 1.82) is 0 Å². The maximum atomic E-state index is 13.0. The fraction of sp³-hybridized carbons (Fsp3) is 0.120. The second-order valence-electron chi connectivity index (χ2n) is 7.17. The third-order valence-electron chi connectivity index (χ3n) is 5.16. The minimum absolute atomic E-state index is 0.201. The maximum absolute atomic E-state index is 13.0. The molecular weight excluding hydrogens is 435 g/mol. The Morgan fingerprint density at radius 1 is 0.968 bits per heavy atom. The Morgan fingerprint density at radius 3 is 2.48 bits per heavy atom. The van der Waals surface area contributed by atoms with Gasteiger partial charge in [0.15, 0.2) is 5.76 Å². The minimum atomic E-state index is -0.294. The van der Waals surface area contributed by atoms with E-state index in [1.54, 1.807) is 12.1 Å². The summed E-state index contributed by atoms with van der Waals surface area (Å²) >= 11 is 12.2. The molecule has 0 aliphatic rings. The Morgan fingerprint density at radius 2 is 1.74 bits per heavy atom. The highest BCUT2D eigenvalue weighted by molar-refractivity contribution is 6.37. The average Bonchev–Trinajstić information content (AvgIpc) is 3.09. The van der Waals surface area contributed by atoms with Gasteiger partial charge in [-0.25, -0.2) is 0 Å². The highest BCUT2D eigenvalue weighted by atomic mass is 35.5. The molecule has 3 aromatic carbocycles. The number of halogens is 2. The van der Waals surface area contributed by atoms with Gasteiger partial charge in [-0.1, -0.05) is 59.6 Å². The molecule has 0 unspecified atom stereocenters. The predicted molar refractivity (Wildman–Crippen MR) is 122 cm³/mol. The Balaban J connectivity index is 1.72. The number of hydrogen-bond donors (Lipinski definition) is 0. The molecule has 1 aromatic heterocycles. The zero-order valence-electron chi connectivity index (χ0n) is 16.9. The highest BCUT2D eigenvalue weighted by Crippen LogP contribution is 2.33. The summed E-state index contributed by atoms with van der Waals surface area (Å²) in [7, 11) is 1.37. The van der Waals surface area contributed by atoms with Crippen molar-refractivity contribution in [2.75, 3.05) is 7.11 Å². The van der Waals surface area contributed by atoms with E-state index in [0.717, 1.165) is 27.6 Å². The minimum Gasteiger partial charge on any atom is -0.469 e. The fourth-order valence-electron chi connectivity index (χ4n) is 3.52. The molecule has 31 heavy (non-hydrogen) atoms. The van der Waals surface area contributed by atoms with Crippen molar-refractivity contribution in [2.45, 2.75) is 13.3 Å². The number of methoxy groups -OCH3 is 1. The molecule has 0 bridgehead atoms. The summed E-state index contributed by atoms with van der Waals surface area (Å²) in [6.45, 7) is 1.85. The number of furan rings is 1. The molecule has 0 aliphatic carbocycles. The number of benzene rings is 3. The van der Waals surface area contributed by atoms with E-state index in [9.17, 15) is 9.59 Å². The highest BCUT2D eigenvalue weighted by Gasteiger charge is 2.21. The van der Waals surface area contributed by atoms with Gasteiger partial charge in [-0.05, 0) is 47.9 Å². The summed E-state index contributed by atoms with van der Waals surface area (Å²) in [6, 6.07) is 18.2. The van der Waals surface area contributed by atoms with Crippen molar-refractivity contribution < 1.29 is 18.7 Å². The Labute approximate surface area is 189 Å². The molecule has 6 heteroatoms. The lowest BCUT2D eigenvalue weighted by Crippen LogP contribution is -2.04. The van der Waals surface area contributed by atoms with E-state index >= 15 is 0 Å². The van der Waals surface area contributed by atoms with Crippen LogP contribution in [-0.2, 0) is 16.0 Å². The largest absolute Gasteiger partial charge is 0.469 e. The first-order valence-corrected chi connectivity index (χ1v) is 10.3. The summed E-state index contributed by atoms with van der Waals surface area (Å²) in [5, 5.41) is 1.59. The molecule has 0 saturated heterocycles. The summed E-state index contributed by atoms with van der Waals surface area (Å²) in [5.74, 6) is -0.342. The van der Waals surface area contributed by atoms with Gasteiger partial charge >= 0.3 is 5.97 Å². The molecule has 4 nitrogen and oxygen atoms in total. The molecule has 0 amide bonds. The third kappa shape index (κ3) is 4.22. The van der Waals surface area contributed by atoms with Gasteiger partial charge in [-0.3, -0.25) is 9.59 Å². The molecule has 0 atom stereocenters. The van der Waals surface area contributed by atoms with E-state index in [1.807, 2.05) is 49.4 Å². The first-order chi connectivity index (χ1) is 14.9. The quantitative estimate of drug-likeness (QED) is 0.250. The lowest BCUT2D eigenvalue weighted by Gasteiger charge is -2.05. The monoisotopic (exact) mass is 452 g/mol. The Kier molecular flexibility index (Phi) is 5.86. The zero-order chi connectivity index (χ0) is 22.1. The third-order valence-corrected chi connectivity index (χ3v) is 5.70. The smallest absolute Gasteiger partial charge is 0.309 e.